The number of para-hydroxylation sites is 1. The highest BCUT2D eigenvalue weighted by atomic mass is 79.9. The van der Waals surface area contributed by atoms with Gasteiger partial charge in [-0.05, 0) is 46.3 Å². The van der Waals surface area contributed by atoms with Crippen molar-refractivity contribution in [1.82, 2.24) is 5.32 Å². The summed E-state index contributed by atoms with van der Waals surface area (Å²) in [7, 11) is 0. The van der Waals surface area contributed by atoms with Gasteiger partial charge in [0.25, 0.3) is 5.91 Å². The van der Waals surface area contributed by atoms with Crippen LogP contribution in [0.1, 0.15) is 4.88 Å². The molecule has 6 heteroatoms. The summed E-state index contributed by atoms with van der Waals surface area (Å²) in [4.78, 5) is 26.3. The SMILES string of the molecule is O=C1N/C(=C/c2ccc(Br)s2)C(=O)N1c1ccccc1. The largest absolute Gasteiger partial charge is 0.333 e. The first-order chi connectivity index (χ1) is 9.65. The number of amides is 3. The maximum absolute atomic E-state index is 12.3. The van der Waals surface area contributed by atoms with E-state index in [1.165, 1.54) is 11.3 Å². The van der Waals surface area contributed by atoms with E-state index in [1.807, 2.05) is 18.2 Å². The molecule has 4 nitrogen and oxygen atoms in total. The summed E-state index contributed by atoms with van der Waals surface area (Å²) in [6.45, 7) is 0. The number of halogens is 1. The molecule has 1 aliphatic rings. The molecule has 1 aromatic heterocycles. The van der Waals surface area contributed by atoms with Crippen LogP contribution in [0.4, 0.5) is 10.5 Å². The second-order valence-electron chi connectivity index (χ2n) is 4.11. The monoisotopic (exact) mass is 348 g/mol. The number of benzene rings is 1. The maximum Gasteiger partial charge on any atom is 0.333 e. The molecule has 20 heavy (non-hydrogen) atoms. The number of imide groups is 1. The first-order valence-corrected chi connectivity index (χ1v) is 7.43. The van der Waals surface area contributed by atoms with Crippen LogP contribution >= 0.6 is 27.3 Å². The Labute approximate surface area is 127 Å². The molecule has 0 unspecified atom stereocenters. The summed E-state index contributed by atoms with van der Waals surface area (Å²) < 4.78 is 0.973. The maximum atomic E-state index is 12.3. The van der Waals surface area contributed by atoms with E-state index in [9.17, 15) is 9.59 Å². The summed E-state index contributed by atoms with van der Waals surface area (Å²) in [6.07, 6.45) is 1.68. The Hall–Kier alpha value is -1.92. The topological polar surface area (TPSA) is 49.4 Å². The fourth-order valence-corrected chi connectivity index (χ4v) is 3.26. The molecule has 3 amide bonds. The molecular formula is C14H9BrN2O2S. The molecule has 0 radical (unpaired) electrons. The number of hydrogen-bond donors (Lipinski definition) is 1. The second-order valence-corrected chi connectivity index (χ2v) is 6.60. The van der Waals surface area contributed by atoms with Gasteiger partial charge in [0.2, 0.25) is 0 Å². The smallest absolute Gasteiger partial charge is 0.302 e. The van der Waals surface area contributed by atoms with Gasteiger partial charge in [0, 0.05) is 4.88 Å². The van der Waals surface area contributed by atoms with Crippen molar-refractivity contribution < 1.29 is 9.59 Å². The number of thiophene rings is 1. The molecule has 0 aliphatic carbocycles. The van der Waals surface area contributed by atoms with Gasteiger partial charge in [-0.1, -0.05) is 18.2 Å². The lowest BCUT2D eigenvalue weighted by molar-refractivity contribution is -0.113. The standard InChI is InChI=1S/C14H9BrN2O2S/c15-12-7-6-10(20-12)8-11-13(18)17(14(19)16-11)9-4-2-1-3-5-9/h1-8H,(H,16,19)/b11-8+. The molecular weight excluding hydrogens is 340 g/mol. The van der Waals surface area contributed by atoms with Crippen LogP contribution in [0.15, 0.2) is 51.9 Å². The minimum Gasteiger partial charge on any atom is -0.302 e. The van der Waals surface area contributed by atoms with Crippen molar-refractivity contribution in [2.75, 3.05) is 4.90 Å². The summed E-state index contributed by atoms with van der Waals surface area (Å²) in [5.74, 6) is -0.342. The van der Waals surface area contributed by atoms with Gasteiger partial charge >= 0.3 is 6.03 Å². The molecule has 0 spiro atoms. The zero-order valence-electron chi connectivity index (χ0n) is 10.2. The highest BCUT2D eigenvalue weighted by Gasteiger charge is 2.34. The van der Waals surface area contributed by atoms with Crippen LogP contribution in [0, 0.1) is 0 Å². The lowest BCUT2D eigenvalue weighted by Gasteiger charge is -2.10. The third-order valence-corrected chi connectivity index (χ3v) is 4.34. The van der Waals surface area contributed by atoms with Crippen LogP contribution < -0.4 is 10.2 Å². The summed E-state index contributed by atoms with van der Waals surface area (Å²) in [6, 6.07) is 12.2. The summed E-state index contributed by atoms with van der Waals surface area (Å²) >= 11 is 4.86. The molecule has 2 heterocycles. The molecule has 1 saturated heterocycles. The minimum absolute atomic E-state index is 0.285. The first kappa shape index (κ1) is 13.1. The van der Waals surface area contributed by atoms with Gasteiger partial charge in [0.1, 0.15) is 5.70 Å². The number of anilines is 1. The van der Waals surface area contributed by atoms with E-state index in [-0.39, 0.29) is 11.6 Å². The average molecular weight is 349 g/mol. The fraction of sp³-hybridized carbons (Fsp3) is 0. The Morgan fingerprint density at radius 2 is 1.85 bits per heavy atom. The number of carbonyl (C=O) groups excluding carboxylic acids is 2. The predicted molar refractivity (Wildman–Crippen MR) is 82.5 cm³/mol. The zero-order chi connectivity index (χ0) is 14.1. The lowest BCUT2D eigenvalue weighted by atomic mass is 10.3. The van der Waals surface area contributed by atoms with Crippen LogP contribution in [0.25, 0.3) is 6.08 Å². The number of urea groups is 1. The Balaban J connectivity index is 1.93. The molecule has 0 saturated carbocycles. The molecule has 2 aromatic rings. The normalized spacial score (nSPS) is 16.9. The third kappa shape index (κ3) is 2.39. The van der Waals surface area contributed by atoms with Crippen molar-refractivity contribution in [3.8, 4) is 0 Å². The van der Waals surface area contributed by atoms with Crippen LogP contribution in [0.3, 0.4) is 0 Å². The number of nitrogens with one attached hydrogen (secondary N) is 1. The van der Waals surface area contributed by atoms with E-state index in [4.69, 9.17) is 0 Å². The average Bonchev–Trinajstić information content (AvgIpc) is 2.96. The highest BCUT2D eigenvalue weighted by Crippen LogP contribution is 2.26. The predicted octanol–water partition coefficient (Wildman–Crippen LogP) is 3.61. The van der Waals surface area contributed by atoms with Gasteiger partial charge in [0.15, 0.2) is 0 Å². The van der Waals surface area contributed by atoms with E-state index in [0.717, 1.165) is 13.6 Å². The second kappa shape index (κ2) is 5.22. The van der Waals surface area contributed by atoms with E-state index >= 15 is 0 Å². The van der Waals surface area contributed by atoms with Gasteiger partial charge in [-0.3, -0.25) is 4.79 Å². The van der Waals surface area contributed by atoms with E-state index in [0.29, 0.717) is 5.69 Å². The van der Waals surface area contributed by atoms with Crippen molar-refractivity contribution in [1.29, 1.82) is 0 Å². The van der Waals surface area contributed by atoms with Crippen molar-refractivity contribution in [3.05, 3.63) is 56.8 Å². The highest BCUT2D eigenvalue weighted by molar-refractivity contribution is 9.11. The van der Waals surface area contributed by atoms with Gasteiger partial charge in [-0.15, -0.1) is 11.3 Å². The molecule has 1 N–H and O–H groups in total. The van der Waals surface area contributed by atoms with Crippen LogP contribution in [-0.4, -0.2) is 11.9 Å². The molecule has 3 rings (SSSR count). The van der Waals surface area contributed by atoms with Crippen molar-refractivity contribution in [2.45, 2.75) is 0 Å². The Bertz CT molecular complexity index is 709. The summed E-state index contributed by atoms with van der Waals surface area (Å²) in [5.41, 5.74) is 0.846. The van der Waals surface area contributed by atoms with Gasteiger partial charge in [-0.2, -0.15) is 0 Å². The van der Waals surface area contributed by atoms with Crippen molar-refractivity contribution >= 4 is 51.0 Å². The zero-order valence-corrected chi connectivity index (χ0v) is 12.6. The molecule has 1 aromatic carbocycles. The number of nitrogens with zero attached hydrogens (tertiary/aromatic N) is 1. The molecule has 1 aliphatic heterocycles. The van der Waals surface area contributed by atoms with Crippen molar-refractivity contribution in [2.24, 2.45) is 0 Å². The number of hydrogen-bond acceptors (Lipinski definition) is 3. The van der Waals surface area contributed by atoms with Gasteiger partial charge in [-0.25, -0.2) is 9.69 Å². The Morgan fingerprint density at radius 3 is 2.50 bits per heavy atom. The van der Waals surface area contributed by atoms with Gasteiger partial charge in [0.05, 0.1) is 9.47 Å². The lowest BCUT2D eigenvalue weighted by Crippen LogP contribution is -2.30. The Morgan fingerprint density at radius 1 is 1.10 bits per heavy atom. The molecule has 0 atom stereocenters. The first-order valence-electron chi connectivity index (χ1n) is 5.83. The number of carbonyl (C=O) groups is 2. The van der Waals surface area contributed by atoms with Crippen molar-refractivity contribution in [3.63, 3.8) is 0 Å². The third-order valence-electron chi connectivity index (χ3n) is 2.77. The minimum atomic E-state index is -0.428. The van der Waals surface area contributed by atoms with E-state index in [1.54, 1.807) is 30.3 Å². The molecule has 1 fully saturated rings. The fourth-order valence-electron chi connectivity index (χ4n) is 1.89. The number of rotatable bonds is 2. The van der Waals surface area contributed by atoms with E-state index < -0.39 is 6.03 Å². The molecule has 0 bridgehead atoms. The van der Waals surface area contributed by atoms with Crippen LogP contribution in [0.2, 0.25) is 0 Å². The van der Waals surface area contributed by atoms with Crippen LogP contribution in [0.5, 0.6) is 0 Å². The quantitative estimate of drug-likeness (QED) is 0.665. The molecule has 100 valence electrons. The summed E-state index contributed by atoms with van der Waals surface area (Å²) in [5, 5.41) is 2.60. The van der Waals surface area contributed by atoms with E-state index in [2.05, 4.69) is 21.2 Å². The van der Waals surface area contributed by atoms with Gasteiger partial charge < -0.3 is 5.32 Å². The van der Waals surface area contributed by atoms with Crippen LogP contribution in [-0.2, 0) is 4.79 Å². The Kier molecular flexibility index (Phi) is 3.42.